The van der Waals surface area contributed by atoms with Crippen molar-refractivity contribution in [3.8, 4) is 39.5 Å². The molecule has 5 aromatic rings. The molecule has 0 amide bonds. The third-order valence-corrected chi connectivity index (χ3v) is 5.91. The van der Waals surface area contributed by atoms with Gasteiger partial charge in [-0.3, -0.25) is 4.98 Å². The largest absolute Gasteiger partial charge is 0.497 e. The van der Waals surface area contributed by atoms with Gasteiger partial charge in [0.1, 0.15) is 5.75 Å². The summed E-state index contributed by atoms with van der Waals surface area (Å²) >= 11 is 0. The molecule has 0 fully saturated rings. The summed E-state index contributed by atoms with van der Waals surface area (Å²) in [5, 5.41) is 0. The third-order valence-electron chi connectivity index (χ3n) is 5.91. The molecule has 3 aromatic carbocycles. The molecule has 0 aliphatic heterocycles. The fourth-order valence-corrected chi connectivity index (χ4v) is 4.01. The van der Waals surface area contributed by atoms with Crippen molar-refractivity contribution in [2.45, 2.75) is 12.5 Å². The lowest BCUT2D eigenvalue weighted by molar-refractivity contribution is 0.415. The van der Waals surface area contributed by atoms with Gasteiger partial charge in [-0.1, -0.05) is 72.8 Å². The number of methoxy groups -OCH3 is 1. The fraction of sp³-hybridized carbons (Fsp3) is 0.100. The van der Waals surface area contributed by atoms with Gasteiger partial charge in [-0.15, -0.1) is 0 Å². The Kier molecular flexibility index (Phi) is 6.59. The van der Waals surface area contributed by atoms with Crippen molar-refractivity contribution >= 4 is 0 Å². The number of hydrogen-bond donors (Lipinski definition) is 1. The predicted octanol–water partition coefficient (Wildman–Crippen LogP) is 6.12. The summed E-state index contributed by atoms with van der Waals surface area (Å²) in [6.45, 7) is 0. The maximum atomic E-state index is 6.65. The van der Waals surface area contributed by atoms with Crippen LogP contribution in [0.15, 0.2) is 109 Å². The van der Waals surface area contributed by atoms with Crippen LogP contribution in [-0.2, 0) is 6.42 Å². The first-order valence-corrected chi connectivity index (χ1v) is 11.5. The molecule has 172 valence electrons. The number of pyridine rings is 1. The van der Waals surface area contributed by atoms with Crippen LogP contribution in [0.25, 0.3) is 33.8 Å². The zero-order valence-corrected chi connectivity index (χ0v) is 19.5. The number of rotatable bonds is 7. The van der Waals surface area contributed by atoms with Crippen molar-refractivity contribution in [1.82, 2.24) is 15.0 Å². The number of nitrogens with zero attached hydrogens (tertiary/aromatic N) is 3. The van der Waals surface area contributed by atoms with E-state index in [4.69, 9.17) is 20.4 Å². The molecule has 0 bridgehead atoms. The highest BCUT2D eigenvalue weighted by molar-refractivity contribution is 5.71. The van der Waals surface area contributed by atoms with Gasteiger partial charge in [0.15, 0.2) is 5.82 Å². The Balaban J connectivity index is 1.55. The Labute approximate surface area is 205 Å². The van der Waals surface area contributed by atoms with Crippen molar-refractivity contribution in [3.63, 3.8) is 0 Å². The zero-order valence-electron chi connectivity index (χ0n) is 19.5. The minimum atomic E-state index is -0.264. The first-order valence-electron chi connectivity index (χ1n) is 11.5. The molecular formula is C30H26N4O. The fourth-order valence-electron chi connectivity index (χ4n) is 4.01. The van der Waals surface area contributed by atoms with Crippen molar-refractivity contribution in [3.05, 3.63) is 121 Å². The van der Waals surface area contributed by atoms with Crippen LogP contribution in [0.5, 0.6) is 5.75 Å². The summed E-state index contributed by atoms with van der Waals surface area (Å²) in [4.78, 5) is 14.3. The summed E-state index contributed by atoms with van der Waals surface area (Å²) < 4.78 is 5.29. The quantitative estimate of drug-likeness (QED) is 0.318. The van der Waals surface area contributed by atoms with Crippen LogP contribution in [0.1, 0.15) is 17.3 Å². The molecule has 2 heterocycles. The van der Waals surface area contributed by atoms with Gasteiger partial charge in [-0.25, -0.2) is 9.97 Å². The van der Waals surface area contributed by atoms with Gasteiger partial charge in [0.05, 0.1) is 24.5 Å². The maximum absolute atomic E-state index is 6.65. The molecule has 1 unspecified atom stereocenters. The Bertz CT molecular complexity index is 1400. The van der Waals surface area contributed by atoms with Gasteiger partial charge in [0.2, 0.25) is 0 Å². The van der Waals surface area contributed by atoms with Crippen molar-refractivity contribution in [1.29, 1.82) is 0 Å². The minimum absolute atomic E-state index is 0.264. The van der Waals surface area contributed by atoms with Gasteiger partial charge in [0, 0.05) is 29.1 Å². The topological polar surface area (TPSA) is 73.9 Å². The third kappa shape index (κ3) is 5.26. The van der Waals surface area contributed by atoms with E-state index in [1.165, 1.54) is 5.56 Å². The van der Waals surface area contributed by atoms with E-state index >= 15 is 0 Å². The minimum Gasteiger partial charge on any atom is -0.497 e. The van der Waals surface area contributed by atoms with E-state index in [1.54, 1.807) is 7.11 Å². The van der Waals surface area contributed by atoms with Crippen LogP contribution < -0.4 is 10.5 Å². The van der Waals surface area contributed by atoms with Gasteiger partial charge in [-0.2, -0.15) is 0 Å². The number of benzene rings is 3. The molecule has 5 rings (SSSR count). The molecule has 0 spiro atoms. The van der Waals surface area contributed by atoms with Gasteiger partial charge < -0.3 is 10.5 Å². The molecule has 0 radical (unpaired) electrons. The van der Waals surface area contributed by atoms with Gasteiger partial charge in [-0.05, 0) is 41.8 Å². The normalized spacial score (nSPS) is 11.7. The highest BCUT2D eigenvalue weighted by Gasteiger charge is 2.15. The van der Waals surface area contributed by atoms with E-state index in [9.17, 15) is 0 Å². The SMILES string of the molecule is COc1ccc(-c2cncc(-c3cc(C(N)Cc4ccccc4)nc(-c4ccccc4)n3)c2)cc1. The zero-order chi connectivity index (χ0) is 24.0. The molecule has 5 heteroatoms. The summed E-state index contributed by atoms with van der Waals surface area (Å²) in [5.74, 6) is 1.47. The lowest BCUT2D eigenvalue weighted by Gasteiger charge is -2.15. The lowest BCUT2D eigenvalue weighted by atomic mass is 10.0. The van der Waals surface area contributed by atoms with E-state index < -0.39 is 0 Å². The maximum Gasteiger partial charge on any atom is 0.160 e. The molecule has 0 saturated carbocycles. The van der Waals surface area contributed by atoms with Gasteiger partial charge >= 0.3 is 0 Å². The Morgan fingerprint density at radius 2 is 1.40 bits per heavy atom. The van der Waals surface area contributed by atoms with E-state index in [1.807, 2.05) is 91.3 Å². The Hall–Kier alpha value is -4.35. The van der Waals surface area contributed by atoms with Crippen molar-refractivity contribution in [2.24, 2.45) is 5.73 Å². The number of aromatic nitrogens is 3. The smallest absolute Gasteiger partial charge is 0.160 e. The molecular weight excluding hydrogens is 432 g/mol. The summed E-state index contributed by atoms with van der Waals surface area (Å²) in [7, 11) is 1.66. The Morgan fingerprint density at radius 1 is 0.714 bits per heavy atom. The highest BCUT2D eigenvalue weighted by Crippen LogP contribution is 2.29. The van der Waals surface area contributed by atoms with Crippen molar-refractivity contribution < 1.29 is 4.74 Å². The monoisotopic (exact) mass is 458 g/mol. The molecule has 1 atom stereocenters. The highest BCUT2D eigenvalue weighted by atomic mass is 16.5. The molecule has 0 aliphatic carbocycles. The number of ether oxygens (including phenoxy) is 1. The average molecular weight is 459 g/mol. The van der Waals surface area contributed by atoms with Crippen LogP contribution in [0.2, 0.25) is 0 Å². The molecule has 35 heavy (non-hydrogen) atoms. The molecule has 2 N–H and O–H groups in total. The first-order chi connectivity index (χ1) is 17.2. The predicted molar refractivity (Wildman–Crippen MR) is 140 cm³/mol. The molecule has 0 aliphatic rings. The van der Waals surface area contributed by atoms with E-state index in [2.05, 4.69) is 23.2 Å². The van der Waals surface area contributed by atoms with Crippen LogP contribution in [-0.4, -0.2) is 22.1 Å². The van der Waals surface area contributed by atoms with E-state index in [0.29, 0.717) is 12.2 Å². The average Bonchev–Trinajstić information content (AvgIpc) is 2.94. The second kappa shape index (κ2) is 10.3. The first kappa shape index (κ1) is 22.4. The second-order valence-corrected chi connectivity index (χ2v) is 8.35. The number of nitrogens with two attached hydrogens (primary N) is 1. The van der Waals surface area contributed by atoms with E-state index in [0.717, 1.165) is 39.4 Å². The molecule has 5 nitrogen and oxygen atoms in total. The van der Waals surface area contributed by atoms with Crippen LogP contribution in [0, 0.1) is 0 Å². The lowest BCUT2D eigenvalue weighted by Crippen LogP contribution is -2.16. The second-order valence-electron chi connectivity index (χ2n) is 8.35. The van der Waals surface area contributed by atoms with Crippen LogP contribution in [0.4, 0.5) is 0 Å². The summed E-state index contributed by atoms with van der Waals surface area (Å²) in [6, 6.07) is 32.0. The van der Waals surface area contributed by atoms with Crippen LogP contribution >= 0.6 is 0 Å². The van der Waals surface area contributed by atoms with Crippen LogP contribution in [0.3, 0.4) is 0 Å². The van der Waals surface area contributed by atoms with Crippen molar-refractivity contribution in [2.75, 3.05) is 7.11 Å². The summed E-state index contributed by atoms with van der Waals surface area (Å²) in [6.07, 6.45) is 4.37. The molecule has 2 aromatic heterocycles. The van der Waals surface area contributed by atoms with Gasteiger partial charge in [0.25, 0.3) is 0 Å². The van der Waals surface area contributed by atoms with E-state index in [-0.39, 0.29) is 6.04 Å². The Morgan fingerprint density at radius 3 is 2.11 bits per heavy atom. The standard InChI is InChI=1S/C30H26N4O/c1-35-26-14-12-22(13-15-26)24-17-25(20-32-19-24)28-18-29(27(31)16-21-8-4-2-5-9-21)34-30(33-28)23-10-6-3-7-11-23/h2-15,17-20,27H,16,31H2,1H3. The molecule has 0 saturated heterocycles. The summed E-state index contributed by atoms with van der Waals surface area (Å²) in [5.41, 5.74) is 13.3. The number of hydrogen-bond acceptors (Lipinski definition) is 5.